The summed E-state index contributed by atoms with van der Waals surface area (Å²) >= 11 is 1.71. The van der Waals surface area contributed by atoms with Crippen LogP contribution in [0.4, 0.5) is 0 Å². The molecular weight excluding hydrogens is 479 g/mol. The molecule has 152 valence electrons. The van der Waals surface area contributed by atoms with Crippen LogP contribution in [0.25, 0.3) is 0 Å². The van der Waals surface area contributed by atoms with Gasteiger partial charge in [0.25, 0.3) is 0 Å². The molecule has 27 heavy (non-hydrogen) atoms. The number of thiophene rings is 1. The van der Waals surface area contributed by atoms with Crippen LogP contribution in [0.1, 0.15) is 17.7 Å². The number of amides is 1. The van der Waals surface area contributed by atoms with Gasteiger partial charge in [-0.15, -0.1) is 35.3 Å². The molecule has 2 aliphatic rings. The number of morpholine rings is 1. The van der Waals surface area contributed by atoms with Crippen molar-refractivity contribution in [1.82, 2.24) is 15.1 Å². The predicted molar refractivity (Wildman–Crippen MR) is 118 cm³/mol. The van der Waals surface area contributed by atoms with Gasteiger partial charge in [0.1, 0.15) is 12.6 Å². The van der Waals surface area contributed by atoms with Gasteiger partial charge in [0.05, 0.1) is 19.3 Å². The van der Waals surface area contributed by atoms with E-state index in [0.29, 0.717) is 13.2 Å². The zero-order valence-corrected chi connectivity index (χ0v) is 19.1. The van der Waals surface area contributed by atoms with Crippen LogP contribution in [0.15, 0.2) is 22.5 Å². The molecule has 0 radical (unpaired) electrons. The summed E-state index contributed by atoms with van der Waals surface area (Å²) in [6.45, 7) is 3.80. The number of halogens is 1. The minimum absolute atomic E-state index is 0. The van der Waals surface area contributed by atoms with Crippen LogP contribution >= 0.6 is 35.3 Å². The molecule has 1 aromatic heterocycles. The van der Waals surface area contributed by atoms with Crippen molar-refractivity contribution in [2.24, 2.45) is 4.99 Å². The zero-order valence-electron chi connectivity index (χ0n) is 15.9. The summed E-state index contributed by atoms with van der Waals surface area (Å²) in [7, 11) is 3.50. The molecule has 1 N–H and O–H groups in total. The largest absolute Gasteiger partial charge is 0.375 e. The number of carbonyl (C=O) groups excluding carboxylic acids is 1. The van der Waals surface area contributed by atoms with Crippen molar-refractivity contribution < 1.29 is 14.3 Å². The van der Waals surface area contributed by atoms with E-state index in [-0.39, 0.29) is 48.6 Å². The summed E-state index contributed by atoms with van der Waals surface area (Å²) in [6, 6.07) is 4.13. The Morgan fingerprint density at radius 1 is 1.37 bits per heavy atom. The number of hydrogen-bond acceptors (Lipinski definition) is 5. The van der Waals surface area contributed by atoms with Crippen molar-refractivity contribution >= 4 is 47.2 Å². The van der Waals surface area contributed by atoms with Gasteiger partial charge >= 0.3 is 0 Å². The van der Waals surface area contributed by atoms with Crippen molar-refractivity contribution in [3.8, 4) is 0 Å². The van der Waals surface area contributed by atoms with E-state index in [1.54, 1.807) is 30.3 Å². The van der Waals surface area contributed by atoms with E-state index < -0.39 is 0 Å². The highest BCUT2D eigenvalue weighted by molar-refractivity contribution is 14.0. The lowest BCUT2D eigenvalue weighted by Crippen LogP contribution is -2.53. The maximum atomic E-state index is 12.0. The van der Waals surface area contributed by atoms with Crippen LogP contribution < -0.4 is 5.32 Å². The number of guanidine groups is 1. The number of nitrogens with zero attached hydrogens (tertiary/aromatic N) is 3. The van der Waals surface area contributed by atoms with E-state index >= 15 is 0 Å². The fraction of sp³-hybridized carbons (Fsp3) is 0.667. The van der Waals surface area contributed by atoms with E-state index in [1.165, 1.54) is 4.88 Å². The topological polar surface area (TPSA) is 66.4 Å². The molecule has 2 saturated heterocycles. The van der Waals surface area contributed by atoms with Gasteiger partial charge in [0, 0.05) is 38.7 Å². The molecule has 2 aliphatic heterocycles. The SMILES string of the molecule is CN(C)C(=O)CN=C(NCc1cccs1)N1CCOC(C2CCCO2)C1.I. The van der Waals surface area contributed by atoms with Gasteiger partial charge < -0.3 is 24.6 Å². The second-order valence-electron chi connectivity index (χ2n) is 6.77. The van der Waals surface area contributed by atoms with Crippen LogP contribution in [0.3, 0.4) is 0 Å². The van der Waals surface area contributed by atoms with Crippen molar-refractivity contribution in [2.45, 2.75) is 31.6 Å². The molecule has 0 aliphatic carbocycles. The minimum atomic E-state index is -0.00985. The van der Waals surface area contributed by atoms with Crippen LogP contribution in [0.2, 0.25) is 0 Å². The maximum Gasteiger partial charge on any atom is 0.243 e. The average Bonchev–Trinajstić information content (AvgIpc) is 3.35. The highest BCUT2D eigenvalue weighted by Crippen LogP contribution is 2.21. The fourth-order valence-corrected chi connectivity index (χ4v) is 3.76. The summed E-state index contributed by atoms with van der Waals surface area (Å²) in [6.07, 6.45) is 2.37. The molecule has 0 spiro atoms. The summed E-state index contributed by atoms with van der Waals surface area (Å²) in [5.74, 6) is 0.754. The van der Waals surface area contributed by atoms with Gasteiger partial charge in [-0.05, 0) is 24.3 Å². The van der Waals surface area contributed by atoms with Gasteiger partial charge in [-0.1, -0.05) is 6.07 Å². The lowest BCUT2D eigenvalue weighted by molar-refractivity contribution is -0.127. The third kappa shape index (κ3) is 6.58. The molecule has 0 bridgehead atoms. The molecule has 2 atom stereocenters. The third-order valence-electron chi connectivity index (χ3n) is 4.64. The molecule has 2 unspecified atom stereocenters. The standard InChI is InChI=1S/C18H28N4O3S.HI/c1-21(2)17(23)12-20-18(19-11-14-5-4-10-26-14)22-7-9-25-16(13-22)15-6-3-8-24-15;/h4-5,10,15-16H,3,6-9,11-13H2,1-2H3,(H,19,20);1H. The average molecular weight is 508 g/mol. The number of hydrogen-bond donors (Lipinski definition) is 1. The van der Waals surface area contributed by atoms with E-state index in [9.17, 15) is 4.79 Å². The Morgan fingerprint density at radius 2 is 2.19 bits per heavy atom. The Balaban J connectivity index is 0.00000261. The lowest BCUT2D eigenvalue weighted by atomic mass is 10.1. The van der Waals surface area contributed by atoms with Crippen molar-refractivity contribution in [3.63, 3.8) is 0 Å². The third-order valence-corrected chi connectivity index (χ3v) is 5.51. The van der Waals surface area contributed by atoms with Crippen LogP contribution in [-0.4, -0.2) is 80.8 Å². The Kier molecular flexibility index (Phi) is 9.27. The van der Waals surface area contributed by atoms with Gasteiger partial charge in [-0.25, -0.2) is 4.99 Å². The van der Waals surface area contributed by atoms with Crippen molar-refractivity contribution in [1.29, 1.82) is 0 Å². The van der Waals surface area contributed by atoms with Crippen LogP contribution in [0.5, 0.6) is 0 Å². The van der Waals surface area contributed by atoms with Gasteiger partial charge in [-0.2, -0.15) is 0 Å². The van der Waals surface area contributed by atoms with Crippen molar-refractivity contribution in [3.05, 3.63) is 22.4 Å². The number of ether oxygens (including phenoxy) is 2. The number of rotatable bonds is 5. The Labute approximate surface area is 182 Å². The minimum Gasteiger partial charge on any atom is -0.375 e. The number of likely N-dealkylation sites (N-methyl/N-ethyl adjacent to an activating group) is 1. The van der Waals surface area contributed by atoms with Crippen LogP contribution in [0, 0.1) is 0 Å². The summed E-state index contributed by atoms with van der Waals surface area (Å²) in [5.41, 5.74) is 0. The first-order valence-electron chi connectivity index (χ1n) is 9.12. The molecule has 0 saturated carbocycles. The maximum absolute atomic E-state index is 12.0. The van der Waals surface area contributed by atoms with E-state index in [2.05, 4.69) is 26.7 Å². The molecule has 9 heteroatoms. The first-order chi connectivity index (χ1) is 12.6. The van der Waals surface area contributed by atoms with Crippen LogP contribution in [-0.2, 0) is 20.8 Å². The van der Waals surface area contributed by atoms with Gasteiger partial charge in [0.2, 0.25) is 5.91 Å². The Bertz CT molecular complexity index is 606. The molecule has 7 nitrogen and oxygen atoms in total. The Hall–Kier alpha value is -0.910. The molecule has 1 aromatic rings. The van der Waals surface area contributed by atoms with Crippen molar-refractivity contribution in [2.75, 3.05) is 46.9 Å². The van der Waals surface area contributed by atoms with E-state index in [1.807, 2.05) is 6.07 Å². The fourth-order valence-electron chi connectivity index (χ4n) is 3.12. The van der Waals surface area contributed by atoms with E-state index in [4.69, 9.17) is 9.47 Å². The highest BCUT2D eigenvalue weighted by atomic mass is 127. The Morgan fingerprint density at radius 3 is 2.85 bits per heavy atom. The summed E-state index contributed by atoms with van der Waals surface area (Å²) in [4.78, 5) is 21.5. The number of carbonyl (C=O) groups is 1. The van der Waals surface area contributed by atoms with Gasteiger partial charge in [-0.3, -0.25) is 4.79 Å². The smallest absolute Gasteiger partial charge is 0.243 e. The van der Waals surface area contributed by atoms with E-state index in [0.717, 1.165) is 38.5 Å². The number of nitrogens with one attached hydrogen (secondary N) is 1. The molecular formula is C18H29IN4O3S. The first kappa shape index (κ1) is 22.4. The second-order valence-corrected chi connectivity index (χ2v) is 7.80. The summed E-state index contributed by atoms with van der Waals surface area (Å²) < 4.78 is 11.7. The monoisotopic (exact) mass is 508 g/mol. The zero-order chi connectivity index (χ0) is 18.4. The molecule has 2 fully saturated rings. The predicted octanol–water partition coefficient (Wildman–Crippen LogP) is 1.78. The highest BCUT2D eigenvalue weighted by Gasteiger charge is 2.32. The molecule has 1 amide bonds. The normalized spacial score (nSPS) is 23.0. The first-order valence-corrected chi connectivity index (χ1v) is 10.0. The second kappa shape index (κ2) is 11.2. The van der Waals surface area contributed by atoms with Gasteiger partial charge in [0.15, 0.2) is 5.96 Å². The molecule has 0 aromatic carbocycles. The molecule has 3 heterocycles. The lowest BCUT2D eigenvalue weighted by Gasteiger charge is -2.37. The molecule has 3 rings (SSSR count). The quantitative estimate of drug-likeness (QED) is 0.373. The summed E-state index contributed by atoms with van der Waals surface area (Å²) in [5, 5.41) is 5.48. The number of aliphatic imine (C=N–C) groups is 1.